The first kappa shape index (κ1) is 14.3. The monoisotopic (exact) mass is 282 g/mol. The molecule has 0 aromatic heterocycles. The van der Waals surface area contributed by atoms with Gasteiger partial charge in [0.1, 0.15) is 0 Å². The molecular formula is C14H22N2O2S. The highest BCUT2D eigenvalue weighted by Gasteiger charge is 2.29. The number of nitrogen functional groups attached to an aromatic ring is 1. The molecule has 1 heterocycles. The Morgan fingerprint density at radius 3 is 2.47 bits per heavy atom. The van der Waals surface area contributed by atoms with Gasteiger partial charge in [-0.05, 0) is 49.4 Å². The van der Waals surface area contributed by atoms with E-state index < -0.39 is 10.0 Å². The molecule has 1 aliphatic rings. The Bertz CT molecular complexity index is 547. The lowest BCUT2D eigenvalue weighted by atomic mass is 9.96. The van der Waals surface area contributed by atoms with Crippen LogP contribution in [0.4, 0.5) is 5.69 Å². The van der Waals surface area contributed by atoms with E-state index in [9.17, 15) is 8.42 Å². The van der Waals surface area contributed by atoms with Crippen LogP contribution < -0.4 is 5.73 Å². The van der Waals surface area contributed by atoms with Gasteiger partial charge in [0, 0.05) is 18.8 Å². The number of aryl methyl sites for hydroxylation is 1. The molecule has 1 aromatic rings. The maximum Gasteiger partial charge on any atom is 0.243 e. The van der Waals surface area contributed by atoms with Gasteiger partial charge in [0.15, 0.2) is 0 Å². The number of sulfonamides is 1. The maximum atomic E-state index is 12.6. The minimum absolute atomic E-state index is 0.386. The third-order valence-corrected chi connectivity index (χ3v) is 6.03. The van der Waals surface area contributed by atoms with Crippen LogP contribution in [-0.4, -0.2) is 25.8 Å². The van der Waals surface area contributed by atoms with E-state index in [1.54, 1.807) is 29.4 Å². The lowest BCUT2D eigenvalue weighted by Crippen LogP contribution is -2.38. The van der Waals surface area contributed by atoms with E-state index in [-0.39, 0.29) is 0 Å². The standard InChI is InChI=1S/C14H22N2O2S/c1-3-12-6-8-16(9-7-12)19(17,18)14-5-4-13(15)10-11(14)2/h4-5,10,12H,3,6-9,15H2,1-2H3. The molecule has 0 bridgehead atoms. The topological polar surface area (TPSA) is 63.4 Å². The van der Waals surface area contributed by atoms with E-state index in [0.29, 0.717) is 29.6 Å². The molecular weight excluding hydrogens is 260 g/mol. The van der Waals surface area contributed by atoms with Crippen molar-refractivity contribution >= 4 is 15.7 Å². The Hall–Kier alpha value is -1.07. The van der Waals surface area contributed by atoms with Gasteiger partial charge in [0.05, 0.1) is 4.90 Å². The van der Waals surface area contributed by atoms with Crippen molar-refractivity contribution in [1.29, 1.82) is 0 Å². The quantitative estimate of drug-likeness (QED) is 0.866. The normalized spacial score (nSPS) is 18.6. The summed E-state index contributed by atoms with van der Waals surface area (Å²) < 4.78 is 26.8. The highest BCUT2D eigenvalue weighted by Crippen LogP contribution is 2.27. The van der Waals surface area contributed by atoms with Crippen LogP contribution in [0, 0.1) is 12.8 Å². The molecule has 1 fully saturated rings. The Labute approximate surface area is 115 Å². The van der Waals surface area contributed by atoms with Crippen molar-refractivity contribution in [3.8, 4) is 0 Å². The number of nitrogens with zero attached hydrogens (tertiary/aromatic N) is 1. The molecule has 1 aromatic carbocycles. The molecule has 106 valence electrons. The van der Waals surface area contributed by atoms with Crippen LogP contribution in [-0.2, 0) is 10.0 Å². The molecule has 0 aliphatic carbocycles. The SMILES string of the molecule is CCC1CCN(S(=O)(=O)c2ccc(N)cc2C)CC1. The van der Waals surface area contributed by atoms with Crippen LogP contribution in [0.2, 0.25) is 0 Å². The minimum atomic E-state index is -3.36. The van der Waals surface area contributed by atoms with Crippen LogP contribution in [0.25, 0.3) is 0 Å². The van der Waals surface area contributed by atoms with E-state index in [2.05, 4.69) is 6.92 Å². The highest BCUT2D eigenvalue weighted by molar-refractivity contribution is 7.89. The van der Waals surface area contributed by atoms with Crippen LogP contribution in [0.1, 0.15) is 31.7 Å². The van der Waals surface area contributed by atoms with Crippen molar-refractivity contribution in [2.45, 2.75) is 38.0 Å². The number of nitrogens with two attached hydrogens (primary N) is 1. The van der Waals surface area contributed by atoms with E-state index >= 15 is 0 Å². The molecule has 19 heavy (non-hydrogen) atoms. The summed E-state index contributed by atoms with van der Waals surface area (Å²) in [5.41, 5.74) is 7.00. The highest BCUT2D eigenvalue weighted by atomic mass is 32.2. The van der Waals surface area contributed by atoms with E-state index in [1.807, 2.05) is 0 Å². The van der Waals surface area contributed by atoms with Crippen molar-refractivity contribution in [3.05, 3.63) is 23.8 Å². The van der Waals surface area contributed by atoms with E-state index in [4.69, 9.17) is 5.73 Å². The third-order valence-electron chi connectivity index (χ3n) is 3.97. The first-order chi connectivity index (χ1) is 8.95. The predicted octanol–water partition coefficient (Wildman–Crippen LogP) is 2.39. The minimum Gasteiger partial charge on any atom is -0.399 e. The smallest absolute Gasteiger partial charge is 0.243 e. The van der Waals surface area contributed by atoms with Gasteiger partial charge in [-0.25, -0.2) is 8.42 Å². The molecule has 1 aliphatic heterocycles. The number of rotatable bonds is 3. The molecule has 0 saturated carbocycles. The van der Waals surface area contributed by atoms with Crippen LogP contribution in [0.5, 0.6) is 0 Å². The van der Waals surface area contributed by atoms with Gasteiger partial charge in [0.25, 0.3) is 0 Å². The Morgan fingerprint density at radius 2 is 1.95 bits per heavy atom. The summed E-state index contributed by atoms with van der Waals surface area (Å²) in [7, 11) is -3.36. The largest absolute Gasteiger partial charge is 0.399 e. The molecule has 0 amide bonds. The maximum absolute atomic E-state index is 12.6. The second-order valence-electron chi connectivity index (χ2n) is 5.28. The molecule has 2 N–H and O–H groups in total. The summed E-state index contributed by atoms with van der Waals surface area (Å²) >= 11 is 0. The fraction of sp³-hybridized carbons (Fsp3) is 0.571. The number of anilines is 1. The fourth-order valence-electron chi connectivity index (χ4n) is 2.66. The Morgan fingerprint density at radius 1 is 1.32 bits per heavy atom. The van der Waals surface area contributed by atoms with Gasteiger partial charge in [-0.15, -0.1) is 0 Å². The zero-order valence-electron chi connectivity index (χ0n) is 11.6. The van der Waals surface area contributed by atoms with Gasteiger partial charge in [-0.2, -0.15) is 4.31 Å². The number of benzene rings is 1. The summed E-state index contributed by atoms with van der Waals surface area (Å²) in [6, 6.07) is 4.98. The van der Waals surface area contributed by atoms with Crippen molar-refractivity contribution < 1.29 is 8.42 Å². The molecule has 1 saturated heterocycles. The number of hydrogen-bond donors (Lipinski definition) is 1. The summed E-state index contributed by atoms with van der Waals surface area (Å²) in [6.07, 6.45) is 3.06. The van der Waals surface area contributed by atoms with Gasteiger partial charge >= 0.3 is 0 Å². The molecule has 0 atom stereocenters. The zero-order valence-corrected chi connectivity index (χ0v) is 12.4. The molecule has 0 radical (unpaired) electrons. The first-order valence-electron chi connectivity index (χ1n) is 6.81. The zero-order chi connectivity index (χ0) is 14.0. The molecule has 5 heteroatoms. The van der Waals surface area contributed by atoms with Crippen LogP contribution in [0.3, 0.4) is 0 Å². The first-order valence-corrected chi connectivity index (χ1v) is 8.25. The van der Waals surface area contributed by atoms with E-state index in [0.717, 1.165) is 24.8 Å². The van der Waals surface area contributed by atoms with Gasteiger partial charge in [-0.3, -0.25) is 0 Å². The molecule has 0 spiro atoms. The van der Waals surface area contributed by atoms with Crippen molar-refractivity contribution in [3.63, 3.8) is 0 Å². The fourth-order valence-corrected chi connectivity index (χ4v) is 4.33. The summed E-state index contributed by atoms with van der Waals surface area (Å²) in [6.45, 7) is 5.22. The van der Waals surface area contributed by atoms with Crippen molar-refractivity contribution in [2.24, 2.45) is 5.92 Å². The van der Waals surface area contributed by atoms with Gasteiger partial charge in [-0.1, -0.05) is 13.3 Å². The summed E-state index contributed by atoms with van der Waals surface area (Å²) in [4.78, 5) is 0.386. The second-order valence-corrected chi connectivity index (χ2v) is 7.19. The van der Waals surface area contributed by atoms with Gasteiger partial charge < -0.3 is 5.73 Å². The second kappa shape index (κ2) is 5.51. The predicted molar refractivity (Wildman–Crippen MR) is 77.4 cm³/mol. The van der Waals surface area contributed by atoms with Crippen molar-refractivity contribution in [1.82, 2.24) is 4.31 Å². The van der Waals surface area contributed by atoms with E-state index in [1.165, 1.54) is 0 Å². The summed E-state index contributed by atoms with van der Waals surface area (Å²) in [5, 5.41) is 0. The van der Waals surface area contributed by atoms with Crippen molar-refractivity contribution in [2.75, 3.05) is 18.8 Å². The van der Waals surface area contributed by atoms with Gasteiger partial charge in [0.2, 0.25) is 10.0 Å². The molecule has 2 rings (SSSR count). The lowest BCUT2D eigenvalue weighted by molar-refractivity contribution is 0.269. The Balaban J connectivity index is 2.23. The Kier molecular flexibility index (Phi) is 4.16. The molecule has 0 unspecified atom stereocenters. The number of hydrogen-bond acceptors (Lipinski definition) is 3. The third kappa shape index (κ3) is 2.92. The number of piperidine rings is 1. The van der Waals surface area contributed by atoms with Crippen LogP contribution in [0.15, 0.2) is 23.1 Å². The molecule has 4 nitrogen and oxygen atoms in total. The average molecular weight is 282 g/mol. The average Bonchev–Trinajstić information content (AvgIpc) is 2.38. The van der Waals surface area contributed by atoms with Crippen LogP contribution >= 0.6 is 0 Å². The lowest BCUT2D eigenvalue weighted by Gasteiger charge is -2.31. The summed E-state index contributed by atoms with van der Waals surface area (Å²) in [5.74, 6) is 0.666.